The number of amides is 2. The van der Waals surface area contributed by atoms with Crippen molar-refractivity contribution in [2.24, 2.45) is 0 Å². The maximum atomic E-state index is 12.9. The van der Waals surface area contributed by atoms with Crippen LogP contribution >= 0.6 is 0 Å². The summed E-state index contributed by atoms with van der Waals surface area (Å²) in [5.41, 5.74) is 0.856. The van der Waals surface area contributed by atoms with Gasteiger partial charge in [0, 0.05) is 18.8 Å². The van der Waals surface area contributed by atoms with Crippen molar-refractivity contribution in [2.75, 3.05) is 30.1 Å². The zero-order valence-corrected chi connectivity index (χ0v) is 17.2. The molecule has 0 saturated carbocycles. The molecule has 8 nitrogen and oxygen atoms in total. The summed E-state index contributed by atoms with van der Waals surface area (Å²) in [4.78, 5) is 38.8. The summed E-state index contributed by atoms with van der Waals surface area (Å²) in [5, 5.41) is 2.55. The van der Waals surface area contributed by atoms with Crippen molar-refractivity contribution in [1.82, 2.24) is 5.32 Å². The molecule has 1 aliphatic rings. The van der Waals surface area contributed by atoms with Crippen molar-refractivity contribution in [3.05, 3.63) is 65.7 Å². The lowest BCUT2D eigenvalue weighted by Gasteiger charge is -2.19. The molecule has 1 heterocycles. The molecule has 1 unspecified atom stereocenters. The van der Waals surface area contributed by atoms with Gasteiger partial charge >= 0.3 is 5.97 Å². The summed E-state index contributed by atoms with van der Waals surface area (Å²) in [6, 6.07) is 14.7. The van der Waals surface area contributed by atoms with E-state index in [1.165, 1.54) is 17.0 Å². The average Bonchev–Trinajstić information content (AvgIpc) is 3.09. The third-order valence-electron chi connectivity index (χ3n) is 4.76. The van der Waals surface area contributed by atoms with E-state index < -0.39 is 40.3 Å². The number of nitrogens with one attached hydrogen (secondary N) is 1. The van der Waals surface area contributed by atoms with Gasteiger partial charge in [-0.1, -0.05) is 30.3 Å². The highest BCUT2D eigenvalue weighted by molar-refractivity contribution is 7.91. The second kappa shape index (κ2) is 9.08. The van der Waals surface area contributed by atoms with Crippen LogP contribution in [0.25, 0.3) is 0 Å². The first-order valence-electron chi connectivity index (χ1n) is 9.36. The first kappa shape index (κ1) is 21.5. The molecule has 0 aliphatic carbocycles. The van der Waals surface area contributed by atoms with Crippen LogP contribution in [0.15, 0.2) is 54.6 Å². The molecule has 0 spiro atoms. The Morgan fingerprint density at radius 3 is 2.30 bits per heavy atom. The van der Waals surface area contributed by atoms with Gasteiger partial charge in [0.1, 0.15) is 0 Å². The molecule has 2 aromatic rings. The van der Waals surface area contributed by atoms with E-state index in [0.717, 1.165) is 0 Å². The van der Waals surface area contributed by atoms with Crippen LogP contribution < -0.4 is 10.2 Å². The van der Waals surface area contributed by atoms with Crippen LogP contribution in [0.4, 0.5) is 5.69 Å². The number of hydrogen-bond donors (Lipinski definition) is 1. The number of esters is 1. The third-order valence-corrected chi connectivity index (χ3v) is 6.53. The zero-order valence-electron chi connectivity index (χ0n) is 16.4. The number of carbonyl (C=O) groups excluding carboxylic acids is 3. The standard InChI is InChI=1S/C21H22N2O6S/c1-23(16-7-3-2-4-8-16)20(25)17-9-5-6-10-18(17)21(26)29-13-19(24)22-15-11-12-30(27,28)14-15/h2-10,15H,11-14H2,1H3,(H,22,24). The SMILES string of the molecule is CN(C(=O)c1ccccc1C(=O)OCC(=O)NC1CCS(=O)(=O)C1)c1ccccc1. The molecule has 1 aliphatic heterocycles. The molecule has 0 radical (unpaired) electrons. The van der Waals surface area contributed by atoms with Gasteiger partial charge in [0.25, 0.3) is 11.8 Å². The monoisotopic (exact) mass is 430 g/mol. The Bertz CT molecular complexity index is 1050. The molecule has 158 valence electrons. The summed E-state index contributed by atoms with van der Waals surface area (Å²) in [5.74, 6) is -1.88. The van der Waals surface area contributed by atoms with Gasteiger partial charge in [-0.05, 0) is 30.7 Å². The Balaban J connectivity index is 1.64. The van der Waals surface area contributed by atoms with Crippen molar-refractivity contribution >= 4 is 33.3 Å². The molecule has 3 rings (SSSR count). The van der Waals surface area contributed by atoms with Crippen molar-refractivity contribution < 1.29 is 27.5 Å². The zero-order chi connectivity index (χ0) is 21.7. The van der Waals surface area contributed by atoms with Crippen LogP contribution in [0.5, 0.6) is 0 Å². The minimum Gasteiger partial charge on any atom is -0.452 e. The fourth-order valence-corrected chi connectivity index (χ4v) is 4.86. The lowest BCUT2D eigenvalue weighted by molar-refractivity contribution is -0.124. The van der Waals surface area contributed by atoms with Crippen LogP contribution in [0.3, 0.4) is 0 Å². The summed E-state index contributed by atoms with van der Waals surface area (Å²) < 4.78 is 28.0. The van der Waals surface area contributed by atoms with Crippen LogP contribution in [0, 0.1) is 0 Å². The van der Waals surface area contributed by atoms with Crippen LogP contribution in [0.2, 0.25) is 0 Å². The minimum absolute atomic E-state index is 0.0299. The van der Waals surface area contributed by atoms with E-state index in [-0.39, 0.29) is 22.6 Å². The molecule has 30 heavy (non-hydrogen) atoms. The van der Waals surface area contributed by atoms with Gasteiger partial charge in [-0.2, -0.15) is 0 Å². The Hall–Kier alpha value is -3.20. The maximum absolute atomic E-state index is 12.9. The quantitative estimate of drug-likeness (QED) is 0.694. The molecule has 9 heteroatoms. The lowest BCUT2D eigenvalue weighted by atomic mass is 10.1. The second-order valence-electron chi connectivity index (χ2n) is 6.99. The van der Waals surface area contributed by atoms with E-state index in [2.05, 4.69) is 5.32 Å². The van der Waals surface area contributed by atoms with E-state index in [9.17, 15) is 22.8 Å². The molecule has 1 N–H and O–H groups in total. The van der Waals surface area contributed by atoms with E-state index in [1.54, 1.807) is 43.4 Å². The van der Waals surface area contributed by atoms with Crippen molar-refractivity contribution in [1.29, 1.82) is 0 Å². The number of hydrogen-bond acceptors (Lipinski definition) is 6. The molecule has 1 saturated heterocycles. The molecular formula is C21H22N2O6S. The number of carbonyl (C=O) groups is 3. The molecule has 0 aromatic heterocycles. The molecule has 0 bridgehead atoms. The molecule has 2 amide bonds. The predicted octanol–water partition coefficient (Wildman–Crippen LogP) is 1.42. The van der Waals surface area contributed by atoms with Crippen LogP contribution in [0.1, 0.15) is 27.1 Å². The number of rotatable bonds is 6. The number of sulfone groups is 1. The minimum atomic E-state index is -3.13. The number of para-hydroxylation sites is 1. The number of benzene rings is 2. The highest BCUT2D eigenvalue weighted by Crippen LogP contribution is 2.18. The summed E-state index contributed by atoms with van der Waals surface area (Å²) in [7, 11) is -1.53. The smallest absolute Gasteiger partial charge is 0.339 e. The Morgan fingerprint density at radius 1 is 1.03 bits per heavy atom. The first-order chi connectivity index (χ1) is 14.3. The normalized spacial score (nSPS) is 17.2. The van der Waals surface area contributed by atoms with Crippen molar-refractivity contribution in [3.63, 3.8) is 0 Å². The Labute approximate surface area is 174 Å². The fourth-order valence-electron chi connectivity index (χ4n) is 3.18. The van der Waals surface area contributed by atoms with E-state index >= 15 is 0 Å². The number of anilines is 1. The topological polar surface area (TPSA) is 110 Å². The fraction of sp³-hybridized carbons (Fsp3) is 0.286. The predicted molar refractivity (Wildman–Crippen MR) is 111 cm³/mol. The summed E-state index contributed by atoms with van der Waals surface area (Å²) in [6.07, 6.45) is 0.338. The van der Waals surface area contributed by atoms with Crippen molar-refractivity contribution in [3.8, 4) is 0 Å². The van der Waals surface area contributed by atoms with E-state index in [4.69, 9.17) is 4.74 Å². The van der Waals surface area contributed by atoms with Gasteiger partial charge in [0.05, 0.1) is 22.6 Å². The molecule has 1 fully saturated rings. The van der Waals surface area contributed by atoms with Gasteiger partial charge in [-0.3, -0.25) is 9.59 Å². The largest absolute Gasteiger partial charge is 0.452 e. The maximum Gasteiger partial charge on any atom is 0.339 e. The molecule has 1 atom stereocenters. The highest BCUT2D eigenvalue weighted by Gasteiger charge is 2.29. The lowest BCUT2D eigenvalue weighted by Crippen LogP contribution is -2.38. The highest BCUT2D eigenvalue weighted by atomic mass is 32.2. The average molecular weight is 430 g/mol. The Morgan fingerprint density at radius 2 is 1.67 bits per heavy atom. The third kappa shape index (κ3) is 5.24. The van der Waals surface area contributed by atoms with Gasteiger partial charge in [-0.25, -0.2) is 13.2 Å². The van der Waals surface area contributed by atoms with Gasteiger partial charge in [-0.15, -0.1) is 0 Å². The summed E-state index contributed by atoms with van der Waals surface area (Å²) >= 11 is 0. The van der Waals surface area contributed by atoms with Crippen LogP contribution in [-0.2, 0) is 19.4 Å². The van der Waals surface area contributed by atoms with Gasteiger partial charge in [0.2, 0.25) is 0 Å². The van der Waals surface area contributed by atoms with Crippen LogP contribution in [-0.4, -0.2) is 57.4 Å². The summed E-state index contributed by atoms with van der Waals surface area (Å²) in [6.45, 7) is -0.563. The first-order valence-corrected chi connectivity index (χ1v) is 11.2. The second-order valence-corrected chi connectivity index (χ2v) is 9.22. The Kier molecular flexibility index (Phi) is 6.51. The number of ether oxygens (including phenoxy) is 1. The van der Waals surface area contributed by atoms with E-state index in [1.807, 2.05) is 6.07 Å². The molecule has 2 aromatic carbocycles. The number of nitrogens with zero attached hydrogens (tertiary/aromatic N) is 1. The molecular weight excluding hydrogens is 408 g/mol. The van der Waals surface area contributed by atoms with E-state index in [0.29, 0.717) is 12.1 Å². The van der Waals surface area contributed by atoms with Crippen molar-refractivity contribution in [2.45, 2.75) is 12.5 Å². The van der Waals surface area contributed by atoms with Gasteiger partial charge in [0.15, 0.2) is 16.4 Å². The van der Waals surface area contributed by atoms with Gasteiger partial charge < -0.3 is 15.0 Å².